The van der Waals surface area contributed by atoms with Crippen molar-refractivity contribution in [3.05, 3.63) is 36.7 Å². The fourth-order valence-electron chi connectivity index (χ4n) is 1.67. The van der Waals surface area contributed by atoms with E-state index in [1.807, 2.05) is 24.3 Å². The first-order chi connectivity index (χ1) is 9.33. The highest BCUT2D eigenvalue weighted by Crippen LogP contribution is 2.20. The second-order valence-corrected chi connectivity index (χ2v) is 4.10. The number of nitrogens with two attached hydrogens (primary N) is 1. The largest absolute Gasteiger partial charge is 0.497 e. The maximum atomic E-state index is 5.44. The number of aromatic nitrogens is 2. The number of nitrogens with zero attached hydrogens (tertiary/aromatic N) is 2. The van der Waals surface area contributed by atoms with Crippen LogP contribution in [0.5, 0.6) is 5.75 Å². The Labute approximate surface area is 112 Å². The molecule has 0 saturated carbocycles. The Morgan fingerprint density at radius 3 is 2.74 bits per heavy atom. The lowest BCUT2D eigenvalue weighted by molar-refractivity contribution is 0.415. The van der Waals surface area contributed by atoms with E-state index in [1.165, 1.54) is 0 Å². The number of nitrogens with one attached hydrogen (secondary N) is 1. The number of ether oxygens (including phenoxy) is 1. The third-order valence-electron chi connectivity index (χ3n) is 2.69. The Morgan fingerprint density at radius 2 is 2.05 bits per heavy atom. The highest BCUT2D eigenvalue weighted by atomic mass is 16.5. The van der Waals surface area contributed by atoms with Crippen LogP contribution in [-0.4, -0.2) is 30.2 Å². The summed E-state index contributed by atoms with van der Waals surface area (Å²) in [6.45, 7) is 1.51. The number of anilines is 1. The zero-order valence-electron chi connectivity index (χ0n) is 11.0. The average molecular weight is 258 g/mol. The van der Waals surface area contributed by atoms with Crippen molar-refractivity contribution in [2.75, 3.05) is 25.5 Å². The van der Waals surface area contributed by atoms with Crippen molar-refractivity contribution < 1.29 is 4.74 Å². The SMILES string of the molecule is COc1cccc(-c2ncc(NCCCN)cn2)c1. The lowest BCUT2D eigenvalue weighted by Gasteiger charge is -2.06. The zero-order chi connectivity index (χ0) is 13.5. The normalized spacial score (nSPS) is 10.2. The molecule has 19 heavy (non-hydrogen) atoms. The lowest BCUT2D eigenvalue weighted by atomic mass is 10.2. The third kappa shape index (κ3) is 3.66. The molecule has 2 aromatic rings. The van der Waals surface area contributed by atoms with Crippen molar-refractivity contribution >= 4 is 5.69 Å². The number of methoxy groups -OCH3 is 1. The molecule has 2 rings (SSSR count). The quantitative estimate of drug-likeness (QED) is 0.774. The number of hydrogen-bond donors (Lipinski definition) is 2. The molecule has 1 aromatic heterocycles. The standard InChI is InChI=1S/C14H18N4O/c1-19-13-5-2-4-11(8-13)14-17-9-12(10-18-14)16-7-3-6-15/h2,4-5,8-10,16H,3,6-7,15H2,1H3. The van der Waals surface area contributed by atoms with Crippen molar-refractivity contribution in [3.63, 3.8) is 0 Å². The molecular formula is C14H18N4O. The zero-order valence-corrected chi connectivity index (χ0v) is 11.0. The number of hydrogen-bond acceptors (Lipinski definition) is 5. The Hall–Kier alpha value is -2.14. The van der Waals surface area contributed by atoms with Crippen molar-refractivity contribution in [1.29, 1.82) is 0 Å². The monoisotopic (exact) mass is 258 g/mol. The molecule has 0 spiro atoms. The Kier molecular flexibility index (Phi) is 4.69. The fraction of sp³-hybridized carbons (Fsp3) is 0.286. The predicted molar refractivity (Wildman–Crippen MR) is 76.2 cm³/mol. The highest BCUT2D eigenvalue weighted by Gasteiger charge is 2.02. The molecule has 0 fully saturated rings. The van der Waals surface area contributed by atoms with Crippen LogP contribution in [0.15, 0.2) is 36.7 Å². The fourth-order valence-corrected chi connectivity index (χ4v) is 1.67. The number of benzene rings is 1. The minimum Gasteiger partial charge on any atom is -0.497 e. The van der Waals surface area contributed by atoms with Crippen LogP contribution in [0.2, 0.25) is 0 Å². The summed E-state index contributed by atoms with van der Waals surface area (Å²) < 4.78 is 5.19. The van der Waals surface area contributed by atoms with Crippen molar-refractivity contribution in [3.8, 4) is 17.1 Å². The van der Waals surface area contributed by atoms with Gasteiger partial charge in [-0.15, -0.1) is 0 Å². The molecule has 100 valence electrons. The van der Waals surface area contributed by atoms with E-state index in [2.05, 4.69) is 15.3 Å². The molecule has 0 unspecified atom stereocenters. The summed E-state index contributed by atoms with van der Waals surface area (Å²) in [5, 5.41) is 3.22. The van der Waals surface area contributed by atoms with Crippen LogP contribution >= 0.6 is 0 Å². The van der Waals surface area contributed by atoms with Gasteiger partial charge in [0.25, 0.3) is 0 Å². The van der Waals surface area contributed by atoms with Crippen LogP contribution in [0.3, 0.4) is 0 Å². The van der Waals surface area contributed by atoms with Crippen LogP contribution in [0.4, 0.5) is 5.69 Å². The van der Waals surface area contributed by atoms with Gasteiger partial charge in [-0.25, -0.2) is 9.97 Å². The van der Waals surface area contributed by atoms with Gasteiger partial charge in [0.2, 0.25) is 0 Å². The van der Waals surface area contributed by atoms with Gasteiger partial charge in [0.05, 0.1) is 25.2 Å². The average Bonchev–Trinajstić information content (AvgIpc) is 2.48. The smallest absolute Gasteiger partial charge is 0.159 e. The molecule has 5 heteroatoms. The summed E-state index contributed by atoms with van der Waals surface area (Å²) in [6, 6.07) is 7.69. The molecule has 0 atom stereocenters. The summed E-state index contributed by atoms with van der Waals surface area (Å²) in [5.74, 6) is 1.48. The summed E-state index contributed by atoms with van der Waals surface area (Å²) in [6.07, 6.45) is 4.48. The molecule has 0 saturated heterocycles. The van der Waals surface area contributed by atoms with Crippen molar-refractivity contribution in [2.24, 2.45) is 5.73 Å². The maximum Gasteiger partial charge on any atom is 0.159 e. The van der Waals surface area contributed by atoms with Gasteiger partial charge in [-0.2, -0.15) is 0 Å². The van der Waals surface area contributed by atoms with Gasteiger partial charge in [-0.05, 0) is 25.1 Å². The van der Waals surface area contributed by atoms with Gasteiger partial charge < -0.3 is 15.8 Å². The Balaban J connectivity index is 2.08. The Morgan fingerprint density at radius 1 is 1.26 bits per heavy atom. The van der Waals surface area contributed by atoms with Gasteiger partial charge >= 0.3 is 0 Å². The van der Waals surface area contributed by atoms with E-state index < -0.39 is 0 Å². The van der Waals surface area contributed by atoms with Crippen molar-refractivity contribution in [1.82, 2.24) is 9.97 Å². The van der Waals surface area contributed by atoms with Gasteiger partial charge in [0.15, 0.2) is 5.82 Å². The molecule has 1 heterocycles. The molecule has 0 aliphatic rings. The molecule has 0 radical (unpaired) electrons. The van der Waals surface area contributed by atoms with Gasteiger partial charge in [-0.1, -0.05) is 12.1 Å². The minimum absolute atomic E-state index is 0.676. The van der Waals surface area contributed by atoms with E-state index in [1.54, 1.807) is 19.5 Å². The first kappa shape index (κ1) is 13.3. The van der Waals surface area contributed by atoms with Crippen molar-refractivity contribution in [2.45, 2.75) is 6.42 Å². The second-order valence-electron chi connectivity index (χ2n) is 4.10. The van der Waals surface area contributed by atoms with Gasteiger partial charge in [0.1, 0.15) is 5.75 Å². The summed E-state index contributed by atoms with van der Waals surface area (Å²) in [4.78, 5) is 8.69. The predicted octanol–water partition coefficient (Wildman–Crippen LogP) is 1.91. The van der Waals surface area contributed by atoms with Crippen LogP contribution in [0, 0.1) is 0 Å². The van der Waals surface area contributed by atoms with E-state index in [0.717, 1.165) is 30.0 Å². The summed E-state index contributed by atoms with van der Waals surface area (Å²) in [7, 11) is 1.64. The van der Waals surface area contributed by atoms with Gasteiger partial charge in [-0.3, -0.25) is 0 Å². The molecule has 0 bridgehead atoms. The van der Waals surface area contributed by atoms with Crippen LogP contribution < -0.4 is 15.8 Å². The van der Waals surface area contributed by atoms with E-state index in [4.69, 9.17) is 10.5 Å². The molecule has 0 aliphatic carbocycles. The van der Waals surface area contributed by atoms with E-state index in [0.29, 0.717) is 12.4 Å². The first-order valence-corrected chi connectivity index (χ1v) is 6.24. The second kappa shape index (κ2) is 6.70. The van der Waals surface area contributed by atoms with E-state index in [9.17, 15) is 0 Å². The van der Waals surface area contributed by atoms with E-state index in [-0.39, 0.29) is 0 Å². The lowest BCUT2D eigenvalue weighted by Crippen LogP contribution is -2.08. The molecule has 5 nitrogen and oxygen atoms in total. The maximum absolute atomic E-state index is 5.44. The first-order valence-electron chi connectivity index (χ1n) is 6.24. The van der Waals surface area contributed by atoms with Crippen LogP contribution in [0.1, 0.15) is 6.42 Å². The molecule has 1 aromatic carbocycles. The Bertz CT molecular complexity index is 513. The summed E-state index contributed by atoms with van der Waals surface area (Å²) >= 11 is 0. The van der Waals surface area contributed by atoms with E-state index >= 15 is 0 Å². The number of rotatable bonds is 6. The van der Waals surface area contributed by atoms with Gasteiger partial charge in [0, 0.05) is 12.1 Å². The van der Waals surface area contributed by atoms with Crippen LogP contribution in [0.25, 0.3) is 11.4 Å². The molecule has 0 aliphatic heterocycles. The minimum atomic E-state index is 0.676. The highest BCUT2D eigenvalue weighted by molar-refractivity contribution is 5.58. The summed E-state index contributed by atoms with van der Waals surface area (Å²) in [5.41, 5.74) is 7.28. The molecule has 0 amide bonds. The topological polar surface area (TPSA) is 73.1 Å². The third-order valence-corrected chi connectivity index (χ3v) is 2.69. The molecule has 3 N–H and O–H groups in total. The van der Waals surface area contributed by atoms with Crippen LogP contribution in [-0.2, 0) is 0 Å². The molecular weight excluding hydrogens is 240 g/mol.